The Bertz CT molecular complexity index is 1050. The van der Waals surface area contributed by atoms with Gasteiger partial charge in [-0.2, -0.15) is 0 Å². The van der Waals surface area contributed by atoms with Crippen LogP contribution in [-0.4, -0.2) is 17.7 Å². The van der Waals surface area contributed by atoms with E-state index in [2.05, 4.69) is 25.2 Å². The number of ketones is 1. The van der Waals surface area contributed by atoms with E-state index in [1.54, 1.807) is 13.0 Å². The summed E-state index contributed by atoms with van der Waals surface area (Å²) in [6.07, 6.45) is 9.83. The van der Waals surface area contributed by atoms with Crippen molar-refractivity contribution in [3.8, 4) is 0 Å². The van der Waals surface area contributed by atoms with Crippen LogP contribution >= 0.6 is 0 Å². The number of rotatable bonds is 4. The molecule has 6 heteroatoms. The first-order valence-electron chi connectivity index (χ1n) is 12.7. The lowest BCUT2D eigenvalue weighted by atomic mass is 9.47. The Hall–Kier alpha value is -2.11. The predicted octanol–water partition coefficient (Wildman–Crippen LogP) is 6.08. The number of Topliss-reactive ketones (excluding diaryl/α,β-unsaturated/α-hetero) is 1. The third-order valence-electron chi connectivity index (χ3n) is 10.2. The Labute approximate surface area is 199 Å². The first-order valence-corrected chi connectivity index (χ1v) is 12.7. The van der Waals surface area contributed by atoms with Gasteiger partial charge < -0.3 is 5.32 Å². The normalized spacial score (nSPS) is 39.6. The third kappa shape index (κ3) is 3.46. The highest BCUT2D eigenvalue weighted by molar-refractivity contribution is 5.89. The molecule has 3 nitrogen and oxygen atoms in total. The minimum atomic E-state index is -1.47. The molecule has 1 N–H and O–H groups in total. The van der Waals surface area contributed by atoms with Crippen molar-refractivity contribution in [2.45, 2.75) is 77.7 Å². The molecule has 0 saturated heterocycles. The quantitative estimate of drug-likeness (QED) is 0.539. The number of hydrogen-bond donors (Lipinski definition) is 1. The first kappa shape index (κ1) is 23.6. The van der Waals surface area contributed by atoms with E-state index < -0.39 is 23.4 Å². The van der Waals surface area contributed by atoms with Crippen LogP contribution in [0.4, 0.5) is 13.2 Å². The maximum atomic E-state index is 14.3. The van der Waals surface area contributed by atoms with E-state index in [0.717, 1.165) is 44.6 Å². The van der Waals surface area contributed by atoms with Crippen LogP contribution in [-0.2, 0) is 9.59 Å². The van der Waals surface area contributed by atoms with Gasteiger partial charge in [-0.3, -0.25) is 9.59 Å². The molecule has 1 heterocycles. The molecule has 184 valence electrons. The van der Waals surface area contributed by atoms with Gasteiger partial charge in [0.05, 0.1) is 0 Å². The number of benzene rings is 1. The van der Waals surface area contributed by atoms with Crippen molar-refractivity contribution in [3.63, 3.8) is 0 Å². The van der Waals surface area contributed by atoms with Gasteiger partial charge in [0.2, 0.25) is 5.91 Å². The molecule has 0 spiro atoms. The van der Waals surface area contributed by atoms with Crippen LogP contribution in [0, 0.1) is 52.0 Å². The van der Waals surface area contributed by atoms with E-state index in [-0.39, 0.29) is 46.5 Å². The lowest BCUT2D eigenvalue weighted by Crippen LogP contribution is -2.59. The zero-order valence-electron chi connectivity index (χ0n) is 20.2. The highest BCUT2D eigenvalue weighted by Crippen LogP contribution is 2.65. The van der Waals surface area contributed by atoms with Crippen LogP contribution in [0.2, 0.25) is 0 Å². The second-order valence-corrected chi connectivity index (χ2v) is 11.7. The van der Waals surface area contributed by atoms with Crippen molar-refractivity contribution in [3.05, 3.63) is 47.3 Å². The number of nitrogens with one attached hydrogen (secondary N) is 1. The number of carbonyl (C=O) groups is 2. The maximum Gasteiger partial charge on any atom is 0.243 e. The second kappa shape index (κ2) is 8.23. The highest BCUT2D eigenvalue weighted by atomic mass is 19.2. The summed E-state index contributed by atoms with van der Waals surface area (Å²) in [6.45, 7) is 6.26. The Balaban J connectivity index is 1.33. The Morgan fingerprint density at radius 2 is 1.82 bits per heavy atom. The summed E-state index contributed by atoms with van der Waals surface area (Å²) in [6, 6.07) is 2.37. The minimum Gasteiger partial charge on any atom is -0.349 e. The molecule has 3 saturated carbocycles. The summed E-state index contributed by atoms with van der Waals surface area (Å²) in [7, 11) is 0. The zero-order chi connectivity index (χ0) is 24.4. The van der Waals surface area contributed by atoms with E-state index in [4.69, 9.17) is 0 Å². The van der Waals surface area contributed by atoms with Gasteiger partial charge in [-0.25, -0.2) is 13.2 Å². The van der Waals surface area contributed by atoms with Crippen LogP contribution in [0.1, 0.15) is 77.2 Å². The van der Waals surface area contributed by atoms with E-state index in [1.807, 2.05) is 0 Å². The first-order chi connectivity index (χ1) is 16.1. The van der Waals surface area contributed by atoms with Gasteiger partial charge in [0.15, 0.2) is 17.5 Å². The number of carbonyl (C=O) groups excluding carboxylic acids is 2. The maximum absolute atomic E-state index is 14.3. The van der Waals surface area contributed by atoms with Crippen LogP contribution in [0.5, 0.6) is 0 Å². The summed E-state index contributed by atoms with van der Waals surface area (Å²) < 4.78 is 41.4. The van der Waals surface area contributed by atoms with E-state index in [1.165, 1.54) is 6.07 Å². The van der Waals surface area contributed by atoms with Gasteiger partial charge in [0.1, 0.15) is 5.78 Å². The summed E-state index contributed by atoms with van der Waals surface area (Å²) in [5, 5.41) is 3.18. The minimum absolute atomic E-state index is 0.000285. The molecule has 5 rings (SSSR count). The van der Waals surface area contributed by atoms with Gasteiger partial charge >= 0.3 is 0 Å². The molecule has 0 bridgehead atoms. The van der Waals surface area contributed by atoms with E-state index in [9.17, 15) is 22.8 Å². The largest absolute Gasteiger partial charge is 0.349 e. The molecule has 3 fully saturated rings. The van der Waals surface area contributed by atoms with Crippen LogP contribution < -0.4 is 5.32 Å². The van der Waals surface area contributed by atoms with Crippen molar-refractivity contribution < 1.29 is 22.8 Å². The molecular weight excluding hydrogens is 439 g/mol. The van der Waals surface area contributed by atoms with E-state index in [0.29, 0.717) is 17.8 Å². The molecule has 0 aromatic heterocycles. The van der Waals surface area contributed by atoms with Gasteiger partial charge in [-0.15, -0.1) is 0 Å². The summed E-state index contributed by atoms with van der Waals surface area (Å²) in [5.41, 5.74) is -0.0676. The molecule has 1 aromatic rings. The summed E-state index contributed by atoms with van der Waals surface area (Å²) in [5.74, 6) is -2.87. The van der Waals surface area contributed by atoms with Gasteiger partial charge in [-0.1, -0.05) is 32.9 Å². The fourth-order valence-electron chi connectivity index (χ4n) is 8.34. The number of fused-ring (bicyclic) bond motifs is 5. The lowest BCUT2D eigenvalue weighted by Gasteiger charge is -2.58. The molecule has 1 aromatic carbocycles. The van der Waals surface area contributed by atoms with Crippen molar-refractivity contribution in [2.24, 2.45) is 34.5 Å². The molecular formula is C28H34F3NO2. The predicted molar refractivity (Wildman–Crippen MR) is 123 cm³/mol. The molecule has 3 aliphatic carbocycles. The van der Waals surface area contributed by atoms with Gasteiger partial charge in [0, 0.05) is 23.8 Å². The van der Waals surface area contributed by atoms with Crippen LogP contribution in [0.25, 0.3) is 0 Å². The number of hydrogen-bond acceptors (Lipinski definition) is 2. The molecule has 1 amide bonds. The lowest BCUT2D eigenvalue weighted by molar-refractivity contribution is -0.132. The van der Waals surface area contributed by atoms with Crippen LogP contribution in [0.15, 0.2) is 24.3 Å². The molecule has 0 radical (unpaired) electrons. The number of amides is 1. The standard InChI is InChI=1S/C28H34F3NO2/c1-15(16-4-8-21(29)26(31)25(16)30)14-22(33)20-7-6-18-17-5-9-23-28(3,13-11-24(34)32-23)19(17)10-12-27(18,20)2/h4,8,11,13,15,17-20,23H,5-7,9-10,12,14H2,1-3H3,(H,32,34)/t15?,17-,18-,19-,20+,23+,27-,28+/m0/s1. The third-order valence-corrected chi connectivity index (χ3v) is 10.2. The smallest absolute Gasteiger partial charge is 0.243 e. The monoisotopic (exact) mass is 473 g/mol. The Morgan fingerprint density at radius 1 is 1.06 bits per heavy atom. The Kier molecular flexibility index (Phi) is 5.72. The Morgan fingerprint density at radius 3 is 2.59 bits per heavy atom. The highest BCUT2D eigenvalue weighted by Gasteiger charge is 2.60. The van der Waals surface area contributed by atoms with Gasteiger partial charge in [-0.05, 0) is 85.3 Å². The fourth-order valence-corrected chi connectivity index (χ4v) is 8.34. The summed E-state index contributed by atoms with van der Waals surface area (Å²) >= 11 is 0. The van der Waals surface area contributed by atoms with Crippen molar-refractivity contribution >= 4 is 11.7 Å². The molecule has 34 heavy (non-hydrogen) atoms. The number of halogens is 3. The average Bonchev–Trinajstić information content (AvgIpc) is 3.15. The van der Waals surface area contributed by atoms with Crippen molar-refractivity contribution in [1.29, 1.82) is 0 Å². The SMILES string of the molecule is CC(CC(=O)[C@H]1CC[C@H]2[C@@H]3CC[C@H]4NC(=O)C=C[C@]4(C)[C@H]3CC[C@]12C)c1ccc(F)c(F)c1F. The molecule has 1 aliphatic heterocycles. The van der Waals surface area contributed by atoms with Crippen molar-refractivity contribution in [1.82, 2.24) is 5.32 Å². The fraction of sp³-hybridized carbons (Fsp3) is 0.643. The summed E-state index contributed by atoms with van der Waals surface area (Å²) in [4.78, 5) is 25.4. The average molecular weight is 474 g/mol. The van der Waals surface area contributed by atoms with Gasteiger partial charge in [0.25, 0.3) is 0 Å². The zero-order valence-corrected chi connectivity index (χ0v) is 20.2. The van der Waals surface area contributed by atoms with Crippen molar-refractivity contribution in [2.75, 3.05) is 0 Å². The van der Waals surface area contributed by atoms with E-state index >= 15 is 0 Å². The molecule has 4 aliphatic rings. The second-order valence-electron chi connectivity index (χ2n) is 11.7. The van der Waals surface area contributed by atoms with Crippen LogP contribution in [0.3, 0.4) is 0 Å². The molecule has 1 unspecified atom stereocenters. The topological polar surface area (TPSA) is 46.2 Å². The molecule has 8 atom stereocenters.